The van der Waals surface area contributed by atoms with Gasteiger partial charge < -0.3 is 15.8 Å². The first-order chi connectivity index (χ1) is 11.9. The molecule has 6 radical (unpaired) electrons. The predicted octanol–water partition coefficient (Wildman–Crippen LogP) is 2.36. The van der Waals surface area contributed by atoms with Gasteiger partial charge in [0.2, 0.25) is 0 Å². The topological polar surface area (TPSA) is 47.3 Å². The fourth-order valence-electron chi connectivity index (χ4n) is 2.07. The van der Waals surface area contributed by atoms with Crippen LogP contribution in [0.5, 0.6) is 5.75 Å². The molecule has 0 fully saturated rings. The first kappa shape index (κ1) is 19.8. The molecule has 3 N–H and O–H groups in total. The quantitative estimate of drug-likeness (QED) is 0.414. The Kier molecular flexibility index (Phi) is 7.32. The molecule has 0 saturated heterocycles. The molecule has 0 heterocycles. The van der Waals surface area contributed by atoms with Crippen LogP contribution in [-0.4, -0.2) is 42.1 Å². The van der Waals surface area contributed by atoms with Gasteiger partial charge in [0.05, 0.1) is 36.8 Å². The maximum absolute atomic E-state index is 12.2. The van der Waals surface area contributed by atoms with Crippen molar-refractivity contribution < 1.29 is 9.13 Å². The molecule has 0 saturated carbocycles. The Balaban J connectivity index is 2.22. The monoisotopic (exact) mass is 350 g/mol. The van der Waals surface area contributed by atoms with Crippen molar-refractivity contribution >= 4 is 41.0 Å². The summed E-state index contributed by atoms with van der Waals surface area (Å²) in [5.41, 5.74) is 7.61. The third kappa shape index (κ3) is 6.71. The first-order valence-electron chi connectivity index (χ1n) is 7.85. The molecule has 3 nitrogen and oxygen atoms in total. The number of alkyl halides is 1. The Morgan fingerprint density at radius 1 is 1.12 bits per heavy atom. The highest BCUT2D eigenvalue weighted by Crippen LogP contribution is 2.35. The fraction of sp³-hybridized carbons (Fsp3) is 0.294. The van der Waals surface area contributed by atoms with E-state index in [1.165, 1.54) is 11.8 Å². The number of nitrogens with two attached hydrogens (primary N) is 1. The van der Waals surface area contributed by atoms with Crippen molar-refractivity contribution in [1.82, 2.24) is 5.32 Å². The second kappa shape index (κ2) is 9.25. The van der Waals surface area contributed by atoms with E-state index in [1.807, 2.05) is 42.5 Å². The lowest BCUT2D eigenvalue weighted by Gasteiger charge is -2.23. The summed E-state index contributed by atoms with van der Waals surface area (Å²) in [5.74, 6) is 0.646. The Bertz CT molecular complexity index is 698. The van der Waals surface area contributed by atoms with Gasteiger partial charge in [0.15, 0.2) is 0 Å². The summed E-state index contributed by atoms with van der Waals surface area (Å²) in [7, 11) is 16.8. The van der Waals surface area contributed by atoms with Gasteiger partial charge in [-0.15, -0.1) is 0 Å². The maximum atomic E-state index is 12.2. The summed E-state index contributed by atoms with van der Waals surface area (Å²) in [4.78, 5) is 1.90. The third-order valence-corrected chi connectivity index (χ3v) is 4.51. The molecule has 0 unspecified atom stereocenters. The van der Waals surface area contributed by atoms with Crippen LogP contribution in [0.4, 0.5) is 10.1 Å². The zero-order valence-corrected chi connectivity index (χ0v) is 14.7. The van der Waals surface area contributed by atoms with Gasteiger partial charge in [-0.25, -0.2) is 0 Å². The summed E-state index contributed by atoms with van der Waals surface area (Å²) in [6.45, 7) is 0.251. The van der Waals surface area contributed by atoms with E-state index in [0.29, 0.717) is 31.0 Å². The highest BCUT2D eigenvalue weighted by atomic mass is 32.2. The van der Waals surface area contributed by atoms with Crippen LogP contribution in [0.1, 0.15) is 12.0 Å². The summed E-state index contributed by atoms with van der Waals surface area (Å²) < 4.78 is 17.8. The summed E-state index contributed by atoms with van der Waals surface area (Å²) >= 11 is 1.53. The SMILES string of the molecule is [B]C([B])([B])NCc1cc(OCCCF)ccc1Sc1ccccc1N. The Labute approximate surface area is 156 Å². The predicted molar refractivity (Wildman–Crippen MR) is 104 cm³/mol. The molecule has 2 rings (SSSR count). The number of para-hydroxylation sites is 1. The van der Waals surface area contributed by atoms with Crippen molar-refractivity contribution in [2.24, 2.45) is 0 Å². The van der Waals surface area contributed by atoms with Gasteiger partial charge in [-0.1, -0.05) is 29.1 Å². The van der Waals surface area contributed by atoms with Crippen LogP contribution in [-0.2, 0) is 6.54 Å². The maximum Gasteiger partial charge on any atom is 0.119 e. The number of rotatable bonds is 9. The molecule has 0 spiro atoms. The average molecular weight is 350 g/mol. The summed E-state index contributed by atoms with van der Waals surface area (Å²) in [6.07, 6.45) is 0.349. The number of halogens is 1. The van der Waals surface area contributed by atoms with Gasteiger partial charge in [-0.3, -0.25) is 4.39 Å². The zero-order chi connectivity index (χ0) is 18.3. The van der Waals surface area contributed by atoms with Gasteiger partial charge in [0.25, 0.3) is 0 Å². The largest absolute Gasteiger partial charge is 0.493 e. The van der Waals surface area contributed by atoms with Crippen molar-refractivity contribution in [3.63, 3.8) is 0 Å². The van der Waals surface area contributed by atoms with Gasteiger partial charge >= 0.3 is 0 Å². The molecule has 0 aliphatic heterocycles. The number of hydrogen-bond acceptors (Lipinski definition) is 4. The molecule has 2 aromatic carbocycles. The molecular weight excluding hydrogens is 332 g/mol. The lowest BCUT2D eigenvalue weighted by molar-refractivity contribution is 0.289. The molecule has 2 aromatic rings. The Hall–Kier alpha value is -1.53. The van der Waals surface area contributed by atoms with Crippen molar-refractivity contribution in [2.45, 2.75) is 28.0 Å². The minimum atomic E-state index is -1.49. The van der Waals surface area contributed by atoms with E-state index in [1.54, 1.807) is 0 Å². The number of anilines is 1. The Morgan fingerprint density at radius 3 is 2.56 bits per heavy atom. The highest BCUT2D eigenvalue weighted by molar-refractivity contribution is 7.99. The van der Waals surface area contributed by atoms with Crippen molar-refractivity contribution in [2.75, 3.05) is 19.0 Å². The number of nitrogens with one attached hydrogen (secondary N) is 1. The second-order valence-corrected chi connectivity index (χ2v) is 6.67. The fourth-order valence-corrected chi connectivity index (χ4v) is 3.04. The molecule has 0 aliphatic rings. The minimum Gasteiger partial charge on any atom is -0.493 e. The third-order valence-electron chi connectivity index (χ3n) is 3.30. The van der Waals surface area contributed by atoms with Crippen LogP contribution in [0.3, 0.4) is 0 Å². The van der Waals surface area contributed by atoms with E-state index in [2.05, 4.69) is 5.32 Å². The number of ether oxygens (including phenoxy) is 1. The van der Waals surface area contributed by atoms with E-state index in [-0.39, 0.29) is 0 Å². The number of hydrogen-bond donors (Lipinski definition) is 2. The van der Waals surface area contributed by atoms with Crippen molar-refractivity contribution in [1.29, 1.82) is 0 Å². The molecule has 25 heavy (non-hydrogen) atoms. The van der Waals surface area contributed by atoms with Crippen LogP contribution < -0.4 is 15.8 Å². The lowest BCUT2D eigenvalue weighted by atomic mass is 9.49. The van der Waals surface area contributed by atoms with Crippen molar-refractivity contribution in [3.8, 4) is 5.75 Å². The lowest BCUT2D eigenvalue weighted by Crippen LogP contribution is -2.46. The smallest absolute Gasteiger partial charge is 0.119 e. The van der Waals surface area contributed by atoms with Crippen LogP contribution in [0.2, 0.25) is 0 Å². The molecule has 0 aliphatic carbocycles. The normalized spacial score (nSPS) is 11.4. The van der Waals surface area contributed by atoms with E-state index in [0.717, 1.165) is 15.4 Å². The number of benzene rings is 2. The highest BCUT2D eigenvalue weighted by Gasteiger charge is 2.12. The van der Waals surface area contributed by atoms with Crippen LogP contribution in [0.25, 0.3) is 0 Å². The molecular formula is C17H18B3FN2OS. The molecule has 8 heteroatoms. The summed E-state index contributed by atoms with van der Waals surface area (Å²) in [6, 6.07) is 13.2. The average Bonchev–Trinajstić information content (AvgIpc) is 2.56. The molecule has 0 aromatic heterocycles. The Morgan fingerprint density at radius 2 is 1.88 bits per heavy atom. The second-order valence-electron chi connectivity index (χ2n) is 5.59. The standard InChI is InChI=1S/C17H18B3FN2OS/c18-17(19,20)23-11-12-10-13(24-9-3-8-21)6-7-15(12)25-16-5-2-1-4-14(16)22/h1-2,4-7,10,23H,3,8-9,11,22H2. The van der Waals surface area contributed by atoms with Gasteiger partial charge in [-0.2, -0.15) is 0 Å². The van der Waals surface area contributed by atoms with Crippen LogP contribution in [0, 0.1) is 0 Å². The van der Waals surface area contributed by atoms with E-state index >= 15 is 0 Å². The van der Waals surface area contributed by atoms with Gasteiger partial charge in [0, 0.05) is 28.4 Å². The van der Waals surface area contributed by atoms with Gasteiger partial charge in [0.1, 0.15) is 5.75 Å². The summed E-state index contributed by atoms with van der Waals surface area (Å²) in [5, 5.41) is 1.36. The van der Waals surface area contributed by atoms with E-state index in [9.17, 15) is 4.39 Å². The molecule has 124 valence electrons. The van der Waals surface area contributed by atoms with Gasteiger partial charge in [-0.05, 0) is 35.9 Å². The number of nitrogen functional groups attached to an aromatic ring is 1. The van der Waals surface area contributed by atoms with E-state index < -0.39 is 11.9 Å². The van der Waals surface area contributed by atoms with Crippen LogP contribution in [0.15, 0.2) is 52.3 Å². The molecule has 0 amide bonds. The zero-order valence-electron chi connectivity index (χ0n) is 13.9. The van der Waals surface area contributed by atoms with Crippen molar-refractivity contribution in [3.05, 3.63) is 48.0 Å². The molecule has 0 bridgehead atoms. The van der Waals surface area contributed by atoms with E-state index in [4.69, 9.17) is 34.0 Å². The molecule has 0 atom stereocenters. The minimum absolute atomic E-state index is 0.316. The first-order valence-corrected chi connectivity index (χ1v) is 8.66. The van der Waals surface area contributed by atoms with Crippen LogP contribution >= 0.6 is 11.8 Å².